The predicted molar refractivity (Wildman–Crippen MR) is 60.0 cm³/mol. The molecule has 0 fully saturated rings. The van der Waals surface area contributed by atoms with Gasteiger partial charge >= 0.3 is 0 Å². The molecule has 16 heavy (non-hydrogen) atoms. The van der Waals surface area contributed by atoms with E-state index in [1.807, 2.05) is 6.92 Å². The fourth-order valence-electron chi connectivity index (χ4n) is 1.15. The molecule has 0 radical (unpaired) electrons. The van der Waals surface area contributed by atoms with Crippen molar-refractivity contribution in [3.8, 4) is 11.6 Å². The number of aryl methyl sites for hydroxylation is 1. The second-order valence-electron chi connectivity index (χ2n) is 3.06. The first-order valence-corrected chi connectivity index (χ1v) is 5.37. The Bertz CT molecular complexity index is 507. The summed E-state index contributed by atoms with van der Waals surface area (Å²) in [6.07, 6.45) is 0. The molecule has 0 aliphatic carbocycles. The van der Waals surface area contributed by atoms with Crippen molar-refractivity contribution in [2.75, 3.05) is 0 Å². The standard InChI is InChI=1S/C10H8N2O3S/c1-7-11-10(6-16-7)15-9-4-2-8(3-5-9)12(13)14/h2-6H,1H3. The van der Waals surface area contributed by atoms with Gasteiger partial charge in [0.2, 0.25) is 5.88 Å². The first kappa shape index (κ1) is 10.6. The zero-order valence-electron chi connectivity index (χ0n) is 8.41. The van der Waals surface area contributed by atoms with Crippen LogP contribution in [-0.4, -0.2) is 9.91 Å². The third kappa shape index (κ3) is 2.34. The van der Waals surface area contributed by atoms with Gasteiger partial charge in [-0.2, -0.15) is 0 Å². The van der Waals surface area contributed by atoms with Crippen molar-refractivity contribution < 1.29 is 9.66 Å². The Labute approximate surface area is 95.5 Å². The summed E-state index contributed by atoms with van der Waals surface area (Å²) in [4.78, 5) is 14.1. The monoisotopic (exact) mass is 236 g/mol. The van der Waals surface area contributed by atoms with Crippen molar-refractivity contribution in [1.29, 1.82) is 0 Å². The second kappa shape index (κ2) is 4.28. The van der Waals surface area contributed by atoms with Gasteiger partial charge in [-0.1, -0.05) is 0 Å². The van der Waals surface area contributed by atoms with Gasteiger partial charge < -0.3 is 4.74 Å². The molecule has 1 heterocycles. The number of thiazole rings is 1. The lowest BCUT2D eigenvalue weighted by molar-refractivity contribution is -0.384. The molecule has 6 heteroatoms. The van der Waals surface area contributed by atoms with Crippen molar-refractivity contribution in [2.45, 2.75) is 6.92 Å². The van der Waals surface area contributed by atoms with Crippen molar-refractivity contribution in [2.24, 2.45) is 0 Å². The number of ether oxygens (including phenoxy) is 1. The molecule has 0 aliphatic heterocycles. The molecule has 5 nitrogen and oxygen atoms in total. The van der Waals surface area contributed by atoms with E-state index in [9.17, 15) is 10.1 Å². The highest BCUT2D eigenvalue weighted by atomic mass is 32.1. The van der Waals surface area contributed by atoms with Gasteiger partial charge in [-0.15, -0.1) is 11.3 Å². The lowest BCUT2D eigenvalue weighted by Gasteiger charge is -2.00. The average Bonchev–Trinajstić information content (AvgIpc) is 2.65. The highest BCUT2D eigenvalue weighted by Gasteiger charge is 2.06. The number of aromatic nitrogens is 1. The second-order valence-corrected chi connectivity index (χ2v) is 4.12. The Morgan fingerprint density at radius 3 is 2.56 bits per heavy atom. The number of benzene rings is 1. The molecule has 2 aromatic rings. The number of non-ortho nitro benzene ring substituents is 1. The summed E-state index contributed by atoms with van der Waals surface area (Å²) in [6.45, 7) is 1.88. The average molecular weight is 236 g/mol. The fraction of sp³-hybridized carbons (Fsp3) is 0.100. The van der Waals surface area contributed by atoms with Crippen molar-refractivity contribution in [3.05, 3.63) is 44.8 Å². The molecule has 0 N–H and O–H groups in total. The highest BCUT2D eigenvalue weighted by molar-refractivity contribution is 7.09. The van der Waals surface area contributed by atoms with Crippen LogP contribution in [0.15, 0.2) is 29.6 Å². The van der Waals surface area contributed by atoms with Gasteiger partial charge in [0.25, 0.3) is 5.69 Å². The maximum atomic E-state index is 10.4. The maximum absolute atomic E-state index is 10.4. The van der Waals surface area contributed by atoms with E-state index in [0.717, 1.165) is 5.01 Å². The Hall–Kier alpha value is -1.95. The lowest BCUT2D eigenvalue weighted by Crippen LogP contribution is -1.88. The Morgan fingerprint density at radius 2 is 2.06 bits per heavy atom. The summed E-state index contributed by atoms with van der Waals surface area (Å²) >= 11 is 1.49. The maximum Gasteiger partial charge on any atom is 0.269 e. The van der Waals surface area contributed by atoms with E-state index in [1.165, 1.54) is 23.5 Å². The van der Waals surface area contributed by atoms with Gasteiger partial charge in [0.1, 0.15) is 5.75 Å². The number of hydrogen-bond donors (Lipinski definition) is 0. The molecule has 0 atom stereocenters. The van der Waals surface area contributed by atoms with Crippen LogP contribution in [0.5, 0.6) is 11.6 Å². The van der Waals surface area contributed by atoms with Gasteiger partial charge in [0.05, 0.1) is 15.3 Å². The van der Waals surface area contributed by atoms with Crippen LogP contribution < -0.4 is 4.74 Å². The Morgan fingerprint density at radius 1 is 1.38 bits per heavy atom. The molecular formula is C10H8N2O3S. The number of nitrogens with zero attached hydrogens (tertiary/aromatic N) is 2. The smallest absolute Gasteiger partial charge is 0.269 e. The SMILES string of the molecule is Cc1nc(Oc2ccc([N+](=O)[O-])cc2)cs1. The van der Waals surface area contributed by atoms with Gasteiger partial charge in [-0.05, 0) is 19.1 Å². The van der Waals surface area contributed by atoms with E-state index in [-0.39, 0.29) is 5.69 Å². The molecule has 1 aromatic heterocycles. The number of rotatable bonds is 3. The Balaban J connectivity index is 2.14. The van der Waals surface area contributed by atoms with Crippen molar-refractivity contribution in [1.82, 2.24) is 4.98 Å². The predicted octanol–water partition coefficient (Wildman–Crippen LogP) is 3.15. The molecule has 0 amide bonds. The normalized spacial score (nSPS) is 10.1. The van der Waals surface area contributed by atoms with E-state index >= 15 is 0 Å². The molecule has 0 spiro atoms. The minimum Gasteiger partial charge on any atom is -0.438 e. The zero-order valence-corrected chi connectivity index (χ0v) is 9.23. The zero-order chi connectivity index (χ0) is 11.5. The van der Waals surface area contributed by atoms with Crippen LogP contribution in [-0.2, 0) is 0 Å². The molecule has 0 unspecified atom stereocenters. The van der Waals surface area contributed by atoms with Crippen LogP contribution in [0.3, 0.4) is 0 Å². The van der Waals surface area contributed by atoms with Crippen LogP contribution in [0.25, 0.3) is 0 Å². The van der Waals surface area contributed by atoms with Crippen molar-refractivity contribution >= 4 is 17.0 Å². The van der Waals surface area contributed by atoms with E-state index in [4.69, 9.17) is 4.74 Å². The summed E-state index contributed by atoms with van der Waals surface area (Å²) in [5, 5.41) is 13.1. The van der Waals surface area contributed by atoms with Crippen LogP contribution in [0.1, 0.15) is 5.01 Å². The van der Waals surface area contributed by atoms with E-state index in [0.29, 0.717) is 11.6 Å². The lowest BCUT2D eigenvalue weighted by atomic mass is 10.3. The van der Waals surface area contributed by atoms with Crippen LogP contribution in [0, 0.1) is 17.0 Å². The summed E-state index contributed by atoms with van der Waals surface area (Å²) in [7, 11) is 0. The van der Waals surface area contributed by atoms with Gasteiger partial charge in [-0.3, -0.25) is 10.1 Å². The molecule has 1 aromatic carbocycles. The summed E-state index contributed by atoms with van der Waals surface area (Å²) in [6, 6.07) is 5.89. The minimum absolute atomic E-state index is 0.0433. The number of nitro groups is 1. The van der Waals surface area contributed by atoms with Gasteiger partial charge in [-0.25, -0.2) is 4.98 Å². The van der Waals surface area contributed by atoms with Crippen LogP contribution in [0.2, 0.25) is 0 Å². The molecule has 82 valence electrons. The fourth-order valence-corrected chi connectivity index (χ4v) is 1.66. The summed E-state index contributed by atoms with van der Waals surface area (Å²) in [5.41, 5.74) is 0.0433. The third-order valence-electron chi connectivity index (χ3n) is 1.87. The van der Waals surface area contributed by atoms with E-state index < -0.39 is 4.92 Å². The molecule has 2 rings (SSSR count). The quantitative estimate of drug-likeness (QED) is 0.606. The van der Waals surface area contributed by atoms with Crippen LogP contribution >= 0.6 is 11.3 Å². The van der Waals surface area contributed by atoms with E-state index in [1.54, 1.807) is 17.5 Å². The summed E-state index contributed by atoms with van der Waals surface area (Å²) in [5.74, 6) is 1.05. The largest absolute Gasteiger partial charge is 0.438 e. The topological polar surface area (TPSA) is 65.3 Å². The molecular weight excluding hydrogens is 228 g/mol. The molecule has 0 aliphatic rings. The van der Waals surface area contributed by atoms with E-state index in [2.05, 4.69) is 4.98 Å². The summed E-state index contributed by atoms with van der Waals surface area (Å²) < 4.78 is 5.41. The first-order valence-electron chi connectivity index (χ1n) is 4.49. The van der Waals surface area contributed by atoms with Gasteiger partial charge in [0, 0.05) is 12.1 Å². The number of nitro benzene ring substituents is 1. The minimum atomic E-state index is -0.448. The third-order valence-corrected chi connectivity index (χ3v) is 2.62. The highest BCUT2D eigenvalue weighted by Crippen LogP contribution is 2.24. The molecule has 0 saturated carbocycles. The number of hydrogen-bond acceptors (Lipinski definition) is 5. The Kier molecular flexibility index (Phi) is 2.82. The first-order chi connectivity index (χ1) is 7.65. The van der Waals surface area contributed by atoms with Gasteiger partial charge in [0.15, 0.2) is 0 Å². The van der Waals surface area contributed by atoms with Crippen molar-refractivity contribution in [3.63, 3.8) is 0 Å². The molecule has 0 bridgehead atoms. The molecule has 0 saturated heterocycles. The van der Waals surface area contributed by atoms with Crippen LogP contribution in [0.4, 0.5) is 5.69 Å².